The molecule has 0 heterocycles. The van der Waals surface area contributed by atoms with E-state index in [0.717, 1.165) is 21.5 Å². The number of anilines is 1. The molecule has 1 N–H and O–H groups in total. The maximum Gasteiger partial charge on any atom is 0.273 e. The summed E-state index contributed by atoms with van der Waals surface area (Å²) in [7, 11) is -3.01. The molecule has 0 spiro atoms. The van der Waals surface area contributed by atoms with Gasteiger partial charge in [-0.05, 0) is 62.6 Å². The second-order valence-electron chi connectivity index (χ2n) is 10.1. The van der Waals surface area contributed by atoms with Gasteiger partial charge >= 0.3 is 0 Å². The predicted molar refractivity (Wildman–Crippen MR) is 164 cm³/mol. The van der Waals surface area contributed by atoms with Crippen LogP contribution in [0.2, 0.25) is 0 Å². The number of carbonyl (C=O) groups excluding carboxylic acids is 2. The maximum absolute atomic E-state index is 14.1. The number of aryl methyl sites for hydroxylation is 2. The first-order valence-electron chi connectivity index (χ1n) is 14.0. The van der Waals surface area contributed by atoms with Crippen LogP contribution in [0, 0.1) is 24.0 Å². The largest absolute Gasteiger partial charge is 0.497 e. The van der Waals surface area contributed by atoms with Gasteiger partial charge in [0.25, 0.3) is 15.7 Å². The Kier molecular flexibility index (Phi) is 11.2. The van der Waals surface area contributed by atoms with Gasteiger partial charge in [0.1, 0.15) is 18.3 Å². The number of amides is 2. The molecule has 11 nitrogen and oxygen atoms in total. The Morgan fingerprint density at radius 2 is 1.72 bits per heavy atom. The summed E-state index contributed by atoms with van der Waals surface area (Å²) in [5, 5.41) is 14.5. The van der Waals surface area contributed by atoms with E-state index in [1.54, 1.807) is 19.1 Å². The Balaban J connectivity index is 2.11. The van der Waals surface area contributed by atoms with Gasteiger partial charge in [-0.2, -0.15) is 0 Å². The van der Waals surface area contributed by atoms with Crippen LogP contribution in [-0.2, 0) is 26.2 Å². The number of methoxy groups -OCH3 is 1. The fourth-order valence-corrected chi connectivity index (χ4v) is 6.08. The minimum absolute atomic E-state index is 0.0745. The molecule has 1 atom stereocenters. The second-order valence-corrected chi connectivity index (χ2v) is 12.0. The van der Waals surface area contributed by atoms with E-state index in [4.69, 9.17) is 4.74 Å². The van der Waals surface area contributed by atoms with Crippen molar-refractivity contribution in [1.29, 1.82) is 0 Å². The third-order valence-corrected chi connectivity index (χ3v) is 8.74. The Morgan fingerprint density at radius 1 is 1.02 bits per heavy atom. The van der Waals surface area contributed by atoms with Gasteiger partial charge in [-0.3, -0.25) is 24.0 Å². The number of hydrogen-bond donors (Lipinski definition) is 1. The number of benzene rings is 3. The minimum atomic E-state index is -4.48. The molecule has 3 rings (SSSR count). The fourth-order valence-electron chi connectivity index (χ4n) is 4.64. The smallest absolute Gasteiger partial charge is 0.273 e. The summed E-state index contributed by atoms with van der Waals surface area (Å²) in [5.41, 5.74) is 1.84. The lowest BCUT2D eigenvalue weighted by molar-refractivity contribution is -0.385. The van der Waals surface area contributed by atoms with E-state index in [0.29, 0.717) is 30.7 Å². The first kappa shape index (κ1) is 33.1. The number of hydrogen-bond acceptors (Lipinski definition) is 7. The molecule has 0 aliphatic carbocycles. The molecule has 0 bridgehead atoms. The van der Waals surface area contributed by atoms with Crippen molar-refractivity contribution in [3.05, 3.63) is 93.5 Å². The van der Waals surface area contributed by atoms with Gasteiger partial charge in [-0.25, -0.2) is 8.42 Å². The number of ether oxygens (including phenoxy) is 1. The minimum Gasteiger partial charge on any atom is -0.497 e. The molecule has 12 heteroatoms. The Bertz CT molecular complexity index is 1560. The van der Waals surface area contributed by atoms with Crippen LogP contribution in [0.3, 0.4) is 0 Å². The molecule has 0 aliphatic rings. The van der Waals surface area contributed by atoms with Gasteiger partial charge in [0, 0.05) is 24.7 Å². The van der Waals surface area contributed by atoms with E-state index in [1.807, 2.05) is 38.1 Å². The quantitative estimate of drug-likeness (QED) is 0.205. The normalized spacial score (nSPS) is 11.8. The van der Waals surface area contributed by atoms with Crippen LogP contribution in [0.1, 0.15) is 43.4 Å². The van der Waals surface area contributed by atoms with Crippen LogP contribution in [-0.4, -0.2) is 56.3 Å². The molecule has 3 aromatic carbocycles. The number of sulfonamides is 1. The average molecular weight is 611 g/mol. The van der Waals surface area contributed by atoms with Crippen molar-refractivity contribution in [2.24, 2.45) is 0 Å². The number of nitro groups is 1. The van der Waals surface area contributed by atoms with Crippen LogP contribution >= 0.6 is 0 Å². The summed E-state index contributed by atoms with van der Waals surface area (Å²) < 4.78 is 34.3. The zero-order chi connectivity index (χ0) is 31.7. The lowest BCUT2D eigenvalue weighted by Crippen LogP contribution is -2.52. The van der Waals surface area contributed by atoms with Gasteiger partial charge in [0.2, 0.25) is 11.8 Å². The van der Waals surface area contributed by atoms with Crippen molar-refractivity contribution in [3.8, 4) is 5.75 Å². The molecule has 1 unspecified atom stereocenters. The van der Waals surface area contributed by atoms with Crippen LogP contribution in [0.5, 0.6) is 5.75 Å². The highest BCUT2D eigenvalue weighted by Crippen LogP contribution is 2.29. The number of rotatable bonds is 14. The molecule has 230 valence electrons. The molecular formula is C31H38N4O7S. The summed E-state index contributed by atoms with van der Waals surface area (Å²) in [4.78, 5) is 39.3. The summed E-state index contributed by atoms with van der Waals surface area (Å²) in [5.74, 6) is -0.475. The lowest BCUT2D eigenvalue weighted by atomic mass is 10.1. The third kappa shape index (κ3) is 8.10. The first-order valence-corrected chi connectivity index (χ1v) is 15.4. The summed E-state index contributed by atoms with van der Waals surface area (Å²) in [6.07, 6.45) is 1.01. The molecule has 3 aromatic rings. The highest BCUT2D eigenvalue weighted by atomic mass is 32.2. The molecule has 0 aromatic heterocycles. The van der Waals surface area contributed by atoms with Crippen molar-refractivity contribution in [1.82, 2.24) is 10.2 Å². The van der Waals surface area contributed by atoms with Crippen molar-refractivity contribution in [3.63, 3.8) is 0 Å². The molecular weight excluding hydrogens is 572 g/mol. The highest BCUT2D eigenvalue weighted by molar-refractivity contribution is 7.92. The Hall–Kier alpha value is -4.45. The summed E-state index contributed by atoms with van der Waals surface area (Å²) >= 11 is 0. The van der Waals surface area contributed by atoms with Crippen molar-refractivity contribution < 1.29 is 27.7 Å². The van der Waals surface area contributed by atoms with Gasteiger partial charge in [0.15, 0.2) is 0 Å². The molecule has 43 heavy (non-hydrogen) atoms. The van der Waals surface area contributed by atoms with Gasteiger partial charge in [-0.15, -0.1) is 0 Å². The first-order chi connectivity index (χ1) is 20.4. The van der Waals surface area contributed by atoms with Gasteiger partial charge in [-0.1, -0.05) is 49.7 Å². The SMILES string of the molecule is CCCNC(=O)C(CC)N(Cc1cccc(C)c1)C(=O)CN(c1ccc(OC)cc1)S(=O)(=O)c1ccc(C)c([N+](=O)[O-])c1. The molecule has 0 aliphatic heterocycles. The van der Waals surface area contributed by atoms with E-state index < -0.39 is 33.4 Å². The number of nitrogens with one attached hydrogen (secondary N) is 1. The third-order valence-electron chi connectivity index (χ3n) is 6.98. The number of nitrogens with zero attached hydrogens (tertiary/aromatic N) is 3. The van der Waals surface area contributed by atoms with Gasteiger partial charge < -0.3 is 15.0 Å². The molecule has 0 saturated carbocycles. The molecule has 0 radical (unpaired) electrons. The van der Waals surface area contributed by atoms with Crippen molar-refractivity contribution in [2.75, 3.05) is 24.5 Å². The summed E-state index contributed by atoms with van der Waals surface area (Å²) in [6, 6.07) is 16.4. The topological polar surface area (TPSA) is 139 Å². The van der Waals surface area contributed by atoms with Crippen molar-refractivity contribution >= 4 is 33.2 Å². The van der Waals surface area contributed by atoms with Gasteiger partial charge in [0.05, 0.1) is 22.6 Å². The van der Waals surface area contributed by atoms with E-state index >= 15 is 0 Å². The lowest BCUT2D eigenvalue weighted by Gasteiger charge is -2.33. The monoisotopic (exact) mass is 610 g/mol. The van der Waals surface area contributed by atoms with E-state index in [-0.39, 0.29) is 28.7 Å². The van der Waals surface area contributed by atoms with Crippen LogP contribution in [0.4, 0.5) is 11.4 Å². The highest BCUT2D eigenvalue weighted by Gasteiger charge is 2.34. The molecule has 0 fully saturated rings. The van der Waals surface area contributed by atoms with Crippen LogP contribution < -0.4 is 14.4 Å². The Labute approximate surface area is 252 Å². The average Bonchev–Trinajstić information content (AvgIpc) is 2.98. The van der Waals surface area contributed by atoms with E-state index in [1.165, 1.54) is 43.2 Å². The zero-order valence-corrected chi connectivity index (χ0v) is 25.9. The zero-order valence-electron chi connectivity index (χ0n) is 25.1. The Morgan fingerprint density at radius 3 is 2.30 bits per heavy atom. The van der Waals surface area contributed by atoms with Crippen molar-refractivity contribution in [2.45, 2.75) is 58.0 Å². The number of nitro benzene ring substituents is 1. The second kappa shape index (κ2) is 14.6. The summed E-state index contributed by atoms with van der Waals surface area (Å²) in [6.45, 7) is 6.99. The maximum atomic E-state index is 14.1. The fraction of sp³-hybridized carbons (Fsp3) is 0.355. The standard InChI is InChI=1S/C31H38N4O7S/c1-6-17-32-31(37)28(7-2)33(20-24-10-8-9-22(3)18-24)30(36)21-34(25-12-14-26(42-5)15-13-25)43(40,41)27-16-11-23(4)29(19-27)35(38)39/h8-16,18-19,28H,6-7,17,20-21H2,1-5H3,(H,32,37). The molecule has 2 amide bonds. The van der Waals surface area contributed by atoms with E-state index in [9.17, 15) is 28.1 Å². The number of carbonyl (C=O) groups is 2. The molecule has 0 saturated heterocycles. The van der Waals surface area contributed by atoms with E-state index in [2.05, 4.69) is 5.32 Å². The predicted octanol–water partition coefficient (Wildman–Crippen LogP) is 4.75. The van der Waals surface area contributed by atoms with Crippen LogP contribution in [0.15, 0.2) is 71.6 Å². The van der Waals surface area contributed by atoms with Crippen LogP contribution in [0.25, 0.3) is 0 Å².